The summed E-state index contributed by atoms with van der Waals surface area (Å²) in [5.74, 6) is -1.18. The molecule has 1 atom stereocenters. The van der Waals surface area contributed by atoms with Gasteiger partial charge in [0, 0.05) is 6.54 Å². The number of amides is 1. The molecule has 1 amide bonds. The smallest absolute Gasteiger partial charge is 0.313 e. The number of esters is 1. The quantitative estimate of drug-likeness (QED) is 0.558. The predicted molar refractivity (Wildman–Crippen MR) is 56.6 cm³/mol. The van der Waals surface area contributed by atoms with Crippen molar-refractivity contribution in [3.05, 3.63) is 0 Å². The van der Waals surface area contributed by atoms with E-state index in [9.17, 15) is 14.4 Å². The van der Waals surface area contributed by atoms with Crippen LogP contribution in [0, 0.1) is 5.41 Å². The summed E-state index contributed by atoms with van der Waals surface area (Å²) in [6, 6.07) is 0. The van der Waals surface area contributed by atoms with Gasteiger partial charge in [0.15, 0.2) is 5.78 Å². The average molecular weight is 227 g/mol. The largest absolute Gasteiger partial charge is 0.469 e. The van der Waals surface area contributed by atoms with E-state index >= 15 is 0 Å². The van der Waals surface area contributed by atoms with E-state index in [0.717, 1.165) is 6.42 Å². The maximum atomic E-state index is 12.0. The Hall–Kier alpha value is -1.39. The van der Waals surface area contributed by atoms with E-state index in [1.807, 2.05) is 0 Å². The fourth-order valence-corrected chi connectivity index (χ4v) is 2.05. The van der Waals surface area contributed by atoms with Crippen LogP contribution in [-0.2, 0) is 19.1 Å². The van der Waals surface area contributed by atoms with Gasteiger partial charge >= 0.3 is 5.97 Å². The number of Topliss-reactive ketones (excluding diaryl/α,β-unsaturated/α-hetero) is 1. The number of methoxy groups -OCH3 is 1. The second-order valence-electron chi connectivity index (χ2n) is 3.97. The maximum absolute atomic E-state index is 12.0. The molecule has 5 nitrogen and oxygen atoms in total. The Morgan fingerprint density at radius 1 is 1.50 bits per heavy atom. The minimum atomic E-state index is -1.02. The van der Waals surface area contributed by atoms with Crippen molar-refractivity contribution in [2.45, 2.75) is 32.6 Å². The van der Waals surface area contributed by atoms with Crippen molar-refractivity contribution in [2.24, 2.45) is 5.41 Å². The molecule has 0 aromatic rings. The first kappa shape index (κ1) is 12.7. The zero-order valence-electron chi connectivity index (χ0n) is 9.67. The minimum Gasteiger partial charge on any atom is -0.469 e. The van der Waals surface area contributed by atoms with Gasteiger partial charge in [-0.25, -0.2) is 0 Å². The Balaban J connectivity index is 2.82. The molecule has 16 heavy (non-hydrogen) atoms. The van der Waals surface area contributed by atoms with Gasteiger partial charge in [0.25, 0.3) is 0 Å². The highest BCUT2D eigenvalue weighted by atomic mass is 16.5. The van der Waals surface area contributed by atoms with E-state index in [1.54, 1.807) is 6.92 Å². The van der Waals surface area contributed by atoms with Gasteiger partial charge in [0.1, 0.15) is 11.8 Å². The lowest BCUT2D eigenvalue weighted by molar-refractivity contribution is -0.150. The lowest BCUT2D eigenvalue weighted by atomic mass is 9.73. The third-order valence-corrected chi connectivity index (χ3v) is 3.17. The fourth-order valence-electron chi connectivity index (χ4n) is 2.05. The van der Waals surface area contributed by atoms with Crippen LogP contribution in [0.4, 0.5) is 0 Å². The van der Waals surface area contributed by atoms with Crippen LogP contribution in [0.5, 0.6) is 0 Å². The minimum absolute atomic E-state index is 0.254. The zero-order chi connectivity index (χ0) is 12.2. The molecule has 1 unspecified atom stereocenters. The Bertz CT molecular complexity index is 313. The molecule has 0 aromatic heterocycles. The van der Waals surface area contributed by atoms with Crippen molar-refractivity contribution in [1.82, 2.24) is 5.32 Å². The van der Waals surface area contributed by atoms with Crippen LogP contribution in [0.1, 0.15) is 32.6 Å². The Kier molecular flexibility index (Phi) is 4.04. The Labute approximate surface area is 94.5 Å². The van der Waals surface area contributed by atoms with Gasteiger partial charge in [0.05, 0.1) is 7.11 Å². The zero-order valence-corrected chi connectivity index (χ0v) is 9.67. The number of carbonyl (C=O) groups is 3. The molecule has 0 saturated carbocycles. The Morgan fingerprint density at radius 2 is 2.19 bits per heavy atom. The summed E-state index contributed by atoms with van der Waals surface area (Å²) in [5.41, 5.74) is -1.02. The van der Waals surface area contributed by atoms with Crippen molar-refractivity contribution in [3.63, 3.8) is 0 Å². The van der Waals surface area contributed by atoms with Crippen LogP contribution < -0.4 is 5.32 Å². The molecule has 1 saturated heterocycles. The fraction of sp³-hybridized carbons (Fsp3) is 0.727. The lowest BCUT2D eigenvalue weighted by Gasteiger charge is -2.33. The summed E-state index contributed by atoms with van der Waals surface area (Å²) in [7, 11) is 1.23. The first-order valence-electron chi connectivity index (χ1n) is 5.45. The van der Waals surface area contributed by atoms with Crippen LogP contribution in [0.25, 0.3) is 0 Å². The van der Waals surface area contributed by atoms with E-state index in [2.05, 4.69) is 10.1 Å². The van der Waals surface area contributed by atoms with Crippen LogP contribution in [-0.4, -0.2) is 31.3 Å². The summed E-state index contributed by atoms with van der Waals surface area (Å²) in [5, 5.41) is 2.68. The van der Waals surface area contributed by atoms with Crippen molar-refractivity contribution in [1.29, 1.82) is 0 Å². The molecule has 5 heteroatoms. The summed E-state index contributed by atoms with van der Waals surface area (Å²) in [6.07, 6.45) is 1.39. The third-order valence-electron chi connectivity index (χ3n) is 3.17. The van der Waals surface area contributed by atoms with Gasteiger partial charge in [-0.15, -0.1) is 0 Å². The van der Waals surface area contributed by atoms with Gasteiger partial charge in [-0.2, -0.15) is 0 Å². The first-order valence-corrected chi connectivity index (χ1v) is 5.45. The van der Waals surface area contributed by atoms with Gasteiger partial charge in [-0.3, -0.25) is 14.4 Å². The molecule has 1 aliphatic heterocycles. The van der Waals surface area contributed by atoms with E-state index in [1.165, 1.54) is 7.11 Å². The average Bonchev–Trinajstić information content (AvgIpc) is 2.29. The molecule has 1 rings (SSSR count). The number of piperidine rings is 1. The van der Waals surface area contributed by atoms with E-state index in [0.29, 0.717) is 19.4 Å². The second kappa shape index (κ2) is 5.09. The van der Waals surface area contributed by atoms with Gasteiger partial charge in [0.2, 0.25) is 5.91 Å². The summed E-state index contributed by atoms with van der Waals surface area (Å²) in [4.78, 5) is 34.8. The molecule has 1 aliphatic rings. The van der Waals surface area contributed by atoms with E-state index < -0.39 is 11.4 Å². The molecule has 0 radical (unpaired) electrons. The molecule has 0 aliphatic carbocycles. The maximum Gasteiger partial charge on any atom is 0.313 e. The molecule has 1 fully saturated rings. The molecule has 90 valence electrons. The standard InChI is InChI=1S/C11H17NO4/c1-3-11(5-4-6-12-10(11)15)8(13)7-9(14)16-2/h3-7H2,1-2H3,(H,12,15). The predicted octanol–water partition coefficient (Wildman–Crippen LogP) is 0.425. The summed E-state index contributed by atoms with van der Waals surface area (Å²) in [6.45, 7) is 2.40. The molecule has 1 heterocycles. The van der Waals surface area contributed by atoms with Crippen molar-refractivity contribution < 1.29 is 19.1 Å². The molecular formula is C11H17NO4. The molecule has 0 bridgehead atoms. The topological polar surface area (TPSA) is 72.5 Å². The summed E-state index contributed by atoms with van der Waals surface area (Å²) >= 11 is 0. The molecular weight excluding hydrogens is 210 g/mol. The SMILES string of the molecule is CCC1(C(=O)CC(=O)OC)CCCNC1=O. The number of carbonyl (C=O) groups excluding carboxylic acids is 3. The molecule has 0 spiro atoms. The number of ether oxygens (including phenoxy) is 1. The van der Waals surface area contributed by atoms with Crippen molar-refractivity contribution >= 4 is 17.7 Å². The summed E-state index contributed by atoms with van der Waals surface area (Å²) < 4.78 is 4.44. The molecule has 0 aromatic carbocycles. The highest BCUT2D eigenvalue weighted by Crippen LogP contribution is 2.33. The number of rotatable bonds is 4. The number of nitrogens with one attached hydrogen (secondary N) is 1. The highest BCUT2D eigenvalue weighted by molar-refractivity contribution is 6.11. The van der Waals surface area contributed by atoms with Crippen LogP contribution in [0.3, 0.4) is 0 Å². The Morgan fingerprint density at radius 3 is 2.69 bits per heavy atom. The third kappa shape index (κ3) is 2.23. The van der Waals surface area contributed by atoms with Crippen molar-refractivity contribution in [3.8, 4) is 0 Å². The van der Waals surface area contributed by atoms with E-state index in [-0.39, 0.29) is 18.1 Å². The first-order chi connectivity index (χ1) is 7.56. The lowest BCUT2D eigenvalue weighted by Crippen LogP contribution is -2.50. The van der Waals surface area contributed by atoms with Crippen LogP contribution in [0.15, 0.2) is 0 Å². The second-order valence-corrected chi connectivity index (χ2v) is 3.97. The van der Waals surface area contributed by atoms with Gasteiger partial charge < -0.3 is 10.1 Å². The van der Waals surface area contributed by atoms with E-state index in [4.69, 9.17) is 0 Å². The highest BCUT2D eigenvalue weighted by Gasteiger charge is 2.45. The normalized spacial score (nSPS) is 24.8. The van der Waals surface area contributed by atoms with Crippen LogP contribution in [0.2, 0.25) is 0 Å². The van der Waals surface area contributed by atoms with Crippen LogP contribution >= 0.6 is 0 Å². The van der Waals surface area contributed by atoms with Gasteiger partial charge in [-0.05, 0) is 19.3 Å². The number of hydrogen-bond acceptors (Lipinski definition) is 4. The number of ketones is 1. The van der Waals surface area contributed by atoms with Gasteiger partial charge in [-0.1, -0.05) is 6.92 Å². The number of hydrogen-bond donors (Lipinski definition) is 1. The molecule has 1 N–H and O–H groups in total. The monoisotopic (exact) mass is 227 g/mol. The van der Waals surface area contributed by atoms with Crippen molar-refractivity contribution in [2.75, 3.05) is 13.7 Å².